The molecule has 0 unspecified atom stereocenters. The fraction of sp³-hybridized carbons (Fsp3) is 0.526. The summed E-state index contributed by atoms with van der Waals surface area (Å²) >= 11 is 3.39. The van der Waals surface area contributed by atoms with Crippen LogP contribution < -0.4 is 0 Å². The van der Waals surface area contributed by atoms with Crippen LogP contribution in [0.5, 0.6) is 0 Å². The van der Waals surface area contributed by atoms with Gasteiger partial charge in [-0.15, -0.1) is 0 Å². The zero-order valence-electron chi connectivity index (χ0n) is 14.3. The summed E-state index contributed by atoms with van der Waals surface area (Å²) in [5, 5.41) is -0.256. The normalized spacial score (nSPS) is 19.2. The van der Waals surface area contributed by atoms with Gasteiger partial charge in [0.15, 0.2) is 9.84 Å². The molecule has 0 heterocycles. The predicted molar refractivity (Wildman–Crippen MR) is 101 cm³/mol. The summed E-state index contributed by atoms with van der Waals surface area (Å²) < 4.78 is 30.7. The Morgan fingerprint density at radius 2 is 1.92 bits per heavy atom. The smallest absolute Gasteiger partial charge is 0.338 e. The predicted octanol–water partition coefficient (Wildman–Crippen LogP) is 4.52. The van der Waals surface area contributed by atoms with Crippen molar-refractivity contribution in [2.75, 3.05) is 6.61 Å². The highest BCUT2D eigenvalue weighted by Crippen LogP contribution is 2.38. The van der Waals surface area contributed by atoms with Gasteiger partial charge in [-0.3, -0.25) is 0 Å². The first-order valence-corrected chi connectivity index (χ1v) is 11.2. The van der Waals surface area contributed by atoms with Crippen molar-refractivity contribution in [2.24, 2.45) is 5.92 Å². The standard InChI is InChI=1S/C19H23BrO4S/c1-2-24-19(21)16(11-13-5-3-4-6-13)14-7-10-18(17(20)12-14)25(22,23)15-8-9-15/h7,10-13,15H,2-6,8-9H2,1H3. The Hall–Kier alpha value is -1.14. The van der Waals surface area contributed by atoms with E-state index in [2.05, 4.69) is 15.9 Å². The highest BCUT2D eigenvalue weighted by Gasteiger charge is 2.38. The molecule has 2 saturated carbocycles. The van der Waals surface area contributed by atoms with E-state index in [0.29, 0.717) is 33.0 Å². The summed E-state index contributed by atoms with van der Waals surface area (Å²) in [6.07, 6.45) is 7.98. The topological polar surface area (TPSA) is 60.4 Å². The molecule has 2 fully saturated rings. The molecule has 0 radical (unpaired) electrons. The Morgan fingerprint density at radius 1 is 1.24 bits per heavy atom. The Morgan fingerprint density at radius 3 is 2.48 bits per heavy atom. The Bertz CT molecular complexity index is 788. The van der Waals surface area contributed by atoms with Gasteiger partial charge in [0.25, 0.3) is 0 Å². The monoisotopic (exact) mass is 426 g/mol. The van der Waals surface area contributed by atoms with Crippen LogP contribution in [0.3, 0.4) is 0 Å². The third-order valence-electron chi connectivity index (χ3n) is 4.81. The molecule has 0 bridgehead atoms. The second-order valence-corrected chi connectivity index (χ2v) is 9.79. The first-order chi connectivity index (χ1) is 11.9. The molecule has 1 aromatic carbocycles. The van der Waals surface area contributed by atoms with Crippen LogP contribution in [-0.4, -0.2) is 26.2 Å². The van der Waals surface area contributed by atoms with Gasteiger partial charge in [-0.1, -0.05) is 25.0 Å². The number of carbonyl (C=O) groups is 1. The Balaban J connectivity index is 1.95. The van der Waals surface area contributed by atoms with Crippen LogP contribution in [0, 0.1) is 5.92 Å². The fourth-order valence-electron chi connectivity index (χ4n) is 3.31. The summed E-state index contributed by atoms with van der Waals surface area (Å²) in [7, 11) is -3.27. The third kappa shape index (κ3) is 4.17. The Kier molecular flexibility index (Phi) is 5.68. The minimum atomic E-state index is -3.27. The van der Waals surface area contributed by atoms with Gasteiger partial charge in [-0.25, -0.2) is 13.2 Å². The van der Waals surface area contributed by atoms with Crippen molar-refractivity contribution in [3.63, 3.8) is 0 Å². The van der Waals surface area contributed by atoms with Crippen LogP contribution in [0.4, 0.5) is 0 Å². The van der Waals surface area contributed by atoms with Gasteiger partial charge in [0.05, 0.1) is 22.3 Å². The van der Waals surface area contributed by atoms with Gasteiger partial charge in [-0.2, -0.15) is 0 Å². The number of carbonyl (C=O) groups excluding carboxylic acids is 1. The number of hydrogen-bond donors (Lipinski definition) is 0. The molecule has 2 aliphatic rings. The maximum Gasteiger partial charge on any atom is 0.338 e. The minimum Gasteiger partial charge on any atom is -0.462 e. The zero-order valence-corrected chi connectivity index (χ0v) is 16.7. The molecule has 0 amide bonds. The number of hydrogen-bond acceptors (Lipinski definition) is 4. The van der Waals surface area contributed by atoms with Gasteiger partial charge in [0, 0.05) is 4.47 Å². The van der Waals surface area contributed by atoms with E-state index in [1.165, 1.54) is 12.8 Å². The average molecular weight is 427 g/mol. The molecule has 0 saturated heterocycles. The van der Waals surface area contributed by atoms with E-state index in [4.69, 9.17) is 4.74 Å². The lowest BCUT2D eigenvalue weighted by Gasteiger charge is -2.12. The summed E-state index contributed by atoms with van der Waals surface area (Å²) in [5.74, 6) is 0.0344. The van der Waals surface area contributed by atoms with Gasteiger partial charge in [0.2, 0.25) is 0 Å². The van der Waals surface area contributed by atoms with Crippen molar-refractivity contribution in [2.45, 2.75) is 55.6 Å². The van der Waals surface area contributed by atoms with Crippen molar-refractivity contribution < 1.29 is 17.9 Å². The lowest BCUT2D eigenvalue weighted by atomic mass is 9.99. The van der Waals surface area contributed by atoms with E-state index in [0.717, 1.165) is 25.7 Å². The molecule has 0 atom stereocenters. The zero-order chi connectivity index (χ0) is 18.0. The van der Waals surface area contributed by atoms with Crippen LogP contribution in [0.25, 0.3) is 5.57 Å². The van der Waals surface area contributed by atoms with Crippen molar-refractivity contribution in [1.29, 1.82) is 0 Å². The van der Waals surface area contributed by atoms with Crippen molar-refractivity contribution in [3.05, 3.63) is 34.3 Å². The first-order valence-electron chi connectivity index (χ1n) is 8.86. The highest BCUT2D eigenvalue weighted by atomic mass is 79.9. The second-order valence-electron chi connectivity index (χ2n) is 6.73. The summed E-state index contributed by atoms with van der Waals surface area (Å²) in [6.45, 7) is 2.10. The van der Waals surface area contributed by atoms with Crippen molar-refractivity contribution in [1.82, 2.24) is 0 Å². The number of allylic oxidation sites excluding steroid dienone is 1. The van der Waals surface area contributed by atoms with Crippen LogP contribution in [0.15, 0.2) is 33.6 Å². The molecule has 25 heavy (non-hydrogen) atoms. The van der Waals surface area contributed by atoms with E-state index >= 15 is 0 Å². The van der Waals surface area contributed by atoms with E-state index in [1.54, 1.807) is 25.1 Å². The molecule has 6 heteroatoms. The summed E-state index contributed by atoms with van der Waals surface area (Å²) in [5.41, 5.74) is 1.23. The maximum absolute atomic E-state index is 12.5. The number of sulfone groups is 1. The van der Waals surface area contributed by atoms with Crippen LogP contribution in [0.2, 0.25) is 0 Å². The van der Waals surface area contributed by atoms with Gasteiger partial charge in [0.1, 0.15) is 0 Å². The highest BCUT2D eigenvalue weighted by molar-refractivity contribution is 9.10. The second kappa shape index (κ2) is 7.62. The molecular formula is C19H23BrO4S. The molecule has 4 nitrogen and oxygen atoms in total. The minimum absolute atomic E-state index is 0.256. The molecule has 0 aliphatic heterocycles. The van der Waals surface area contributed by atoms with E-state index in [9.17, 15) is 13.2 Å². The van der Waals surface area contributed by atoms with E-state index in [-0.39, 0.29) is 11.2 Å². The quantitative estimate of drug-likeness (QED) is 0.495. The fourth-order valence-corrected chi connectivity index (χ4v) is 6.07. The number of halogens is 1. The molecular weight excluding hydrogens is 404 g/mol. The number of ether oxygens (including phenoxy) is 1. The maximum atomic E-state index is 12.5. The largest absolute Gasteiger partial charge is 0.462 e. The lowest BCUT2D eigenvalue weighted by Crippen LogP contribution is -2.10. The van der Waals surface area contributed by atoms with Crippen LogP contribution in [-0.2, 0) is 19.4 Å². The molecule has 3 rings (SSSR count). The van der Waals surface area contributed by atoms with Gasteiger partial charge < -0.3 is 4.74 Å². The number of benzene rings is 1. The summed E-state index contributed by atoms with van der Waals surface area (Å²) in [6, 6.07) is 5.06. The molecule has 0 N–H and O–H groups in total. The van der Waals surface area contributed by atoms with E-state index in [1.807, 2.05) is 6.08 Å². The lowest BCUT2D eigenvalue weighted by molar-refractivity contribution is -0.136. The van der Waals surface area contributed by atoms with Gasteiger partial charge in [-0.05, 0) is 72.2 Å². The molecule has 0 spiro atoms. The van der Waals surface area contributed by atoms with Crippen molar-refractivity contribution >= 4 is 37.3 Å². The molecule has 2 aliphatic carbocycles. The average Bonchev–Trinajstić information content (AvgIpc) is 3.31. The Labute approximate surface area is 157 Å². The SMILES string of the molecule is CCOC(=O)C(=CC1CCCC1)c1ccc(S(=O)(=O)C2CC2)c(Br)c1. The van der Waals surface area contributed by atoms with Crippen LogP contribution >= 0.6 is 15.9 Å². The van der Waals surface area contributed by atoms with Gasteiger partial charge >= 0.3 is 5.97 Å². The number of esters is 1. The van der Waals surface area contributed by atoms with Crippen LogP contribution in [0.1, 0.15) is 51.0 Å². The summed E-state index contributed by atoms with van der Waals surface area (Å²) in [4.78, 5) is 12.7. The third-order valence-corrected chi connectivity index (χ3v) is 8.05. The molecule has 136 valence electrons. The molecule has 0 aromatic heterocycles. The molecule has 1 aromatic rings. The first kappa shape index (κ1) is 18.6. The van der Waals surface area contributed by atoms with Crippen molar-refractivity contribution in [3.8, 4) is 0 Å². The van der Waals surface area contributed by atoms with E-state index < -0.39 is 9.84 Å². The number of rotatable bonds is 6.